The van der Waals surface area contributed by atoms with Crippen molar-refractivity contribution < 1.29 is 14.3 Å². The van der Waals surface area contributed by atoms with Gasteiger partial charge in [-0.3, -0.25) is 4.79 Å². The number of hydrogen-bond donors (Lipinski definition) is 1. The highest BCUT2D eigenvalue weighted by molar-refractivity contribution is 8.09. The van der Waals surface area contributed by atoms with Crippen molar-refractivity contribution in [2.24, 2.45) is 0 Å². The molecule has 0 spiro atoms. The first kappa shape index (κ1) is 13.6. The highest BCUT2D eigenvalue weighted by atomic mass is 32.2. The molecule has 0 aromatic heterocycles. The van der Waals surface area contributed by atoms with Gasteiger partial charge in [0.2, 0.25) is 5.91 Å². The van der Waals surface area contributed by atoms with Gasteiger partial charge in [0.15, 0.2) is 0 Å². The fourth-order valence-electron chi connectivity index (χ4n) is 1.09. The summed E-state index contributed by atoms with van der Waals surface area (Å²) in [5.74, 6) is -0.156. The van der Waals surface area contributed by atoms with Crippen LogP contribution in [0.4, 0.5) is 10.5 Å². The van der Waals surface area contributed by atoms with Crippen LogP contribution in [-0.4, -0.2) is 30.3 Å². The molecule has 0 unspecified atom stereocenters. The molecule has 0 aliphatic carbocycles. The second-order valence-corrected chi connectivity index (χ2v) is 5.55. The van der Waals surface area contributed by atoms with E-state index in [1.807, 2.05) is 18.2 Å². The third kappa shape index (κ3) is 5.40. The van der Waals surface area contributed by atoms with E-state index in [4.69, 9.17) is 4.74 Å². The molecule has 0 radical (unpaired) electrons. The predicted octanol–water partition coefficient (Wildman–Crippen LogP) is 2.03. The molecule has 92 valence electrons. The molecule has 0 atom stereocenters. The van der Waals surface area contributed by atoms with Crippen molar-refractivity contribution in [2.75, 3.05) is 24.4 Å². The summed E-state index contributed by atoms with van der Waals surface area (Å²) >= 11 is 0. The van der Waals surface area contributed by atoms with E-state index in [1.165, 1.54) is 0 Å². The minimum Gasteiger partial charge on any atom is -0.425 e. The number of hydrogen-bond acceptors (Lipinski definition) is 3. The second kappa shape index (κ2) is 6.96. The zero-order chi connectivity index (χ0) is 12.7. The molecule has 0 fully saturated rings. The maximum absolute atomic E-state index is 11.5. The number of anilines is 1. The van der Waals surface area contributed by atoms with Gasteiger partial charge in [0, 0.05) is 5.69 Å². The van der Waals surface area contributed by atoms with Crippen molar-refractivity contribution in [3.8, 4) is 0 Å². The van der Waals surface area contributed by atoms with Gasteiger partial charge in [0.1, 0.15) is 19.1 Å². The van der Waals surface area contributed by atoms with Crippen LogP contribution in [0, 0.1) is 0 Å². The molecular weight excluding hydrogens is 238 g/mol. The molecule has 0 aliphatic heterocycles. The molecule has 5 heteroatoms. The van der Waals surface area contributed by atoms with Crippen LogP contribution >= 0.6 is 0 Å². The first-order valence-electron chi connectivity index (χ1n) is 5.19. The number of benzene rings is 1. The van der Waals surface area contributed by atoms with Gasteiger partial charge in [-0.25, -0.2) is 0 Å². The number of para-hydroxylation sites is 1. The van der Waals surface area contributed by atoms with E-state index in [9.17, 15) is 9.59 Å². The smallest absolute Gasteiger partial charge is 0.425 e. The molecule has 1 amide bonds. The Morgan fingerprint density at radius 2 is 1.88 bits per heavy atom. The summed E-state index contributed by atoms with van der Waals surface area (Å²) in [5, 5.41) is 2.46. The zero-order valence-electron chi connectivity index (χ0n) is 9.93. The summed E-state index contributed by atoms with van der Waals surface area (Å²) in [6.07, 6.45) is 3.75. The standard InChI is InChI=1S/C12H15NO3S/c1-17(2)12(15)16-9-8-11(14)13-10-6-4-3-5-7-10/h3-7H,8-9H2,1-2H3/p+1. The molecule has 0 saturated carbocycles. The van der Waals surface area contributed by atoms with Crippen molar-refractivity contribution >= 4 is 27.8 Å². The first-order chi connectivity index (χ1) is 8.09. The minimum atomic E-state index is -0.406. The van der Waals surface area contributed by atoms with Crippen LogP contribution in [0.15, 0.2) is 30.3 Å². The summed E-state index contributed by atoms with van der Waals surface area (Å²) in [5.41, 5.74) is 0.745. The summed E-state index contributed by atoms with van der Waals surface area (Å²) in [6.45, 7) is 0.128. The highest BCUT2D eigenvalue weighted by Gasteiger charge is 2.19. The zero-order valence-corrected chi connectivity index (χ0v) is 10.8. The Bertz CT molecular complexity index is 379. The van der Waals surface area contributed by atoms with Gasteiger partial charge in [0.05, 0.1) is 17.3 Å². The van der Waals surface area contributed by atoms with Crippen molar-refractivity contribution in [3.63, 3.8) is 0 Å². The predicted molar refractivity (Wildman–Crippen MR) is 70.2 cm³/mol. The molecule has 0 saturated heterocycles. The van der Waals surface area contributed by atoms with Gasteiger partial charge in [-0.05, 0) is 12.1 Å². The molecule has 17 heavy (non-hydrogen) atoms. The largest absolute Gasteiger partial charge is 0.524 e. The average molecular weight is 254 g/mol. The van der Waals surface area contributed by atoms with Crippen LogP contribution in [0.3, 0.4) is 0 Å². The molecule has 0 bridgehead atoms. The Kier molecular flexibility index (Phi) is 5.56. The lowest BCUT2D eigenvalue weighted by atomic mass is 10.3. The van der Waals surface area contributed by atoms with Crippen LogP contribution in [-0.2, 0) is 20.4 Å². The fraction of sp³-hybridized carbons (Fsp3) is 0.333. The molecule has 0 aliphatic rings. The fourth-order valence-corrected chi connectivity index (χ4v) is 1.41. The molecule has 1 rings (SSSR count). The summed E-state index contributed by atoms with van der Waals surface area (Å²) in [4.78, 5) is 22.6. The van der Waals surface area contributed by atoms with E-state index in [1.54, 1.807) is 24.6 Å². The molecule has 1 aromatic rings. The van der Waals surface area contributed by atoms with Gasteiger partial charge >= 0.3 is 5.30 Å². The van der Waals surface area contributed by atoms with E-state index in [0.717, 1.165) is 5.69 Å². The molecule has 1 aromatic carbocycles. The lowest BCUT2D eigenvalue weighted by Crippen LogP contribution is -2.18. The number of rotatable bonds is 4. The summed E-state index contributed by atoms with van der Waals surface area (Å²) < 4.78 is 4.92. The normalized spacial score (nSPS) is 10.1. The van der Waals surface area contributed by atoms with E-state index >= 15 is 0 Å². The Balaban J connectivity index is 2.25. The summed E-state index contributed by atoms with van der Waals surface area (Å²) in [6, 6.07) is 9.17. The van der Waals surface area contributed by atoms with Crippen molar-refractivity contribution in [1.82, 2.24) is 0 Å². The summed E-state index contributed by atoms with van der Waals surface area (Å²) in [7, 11) is -0.406. The minimum absolute atomic E-state index is 0.128. The number of carbonyl (C=O) groups is 2. The molecule has 0 heterocycles. The van der Waals surface area contributed by atoms with Crippen LogP contribution in [0.1, 0.15) is 6.42 Å². The third-order valence-corrected chi connectivity index (χ3v) is 2.72. The van der Waals surface area contributed by atoms with Gasteiger partial charge in [-0.2, -0.15) is 4.79 Å². The number of ether oxygens (including phenoxy) is 1. The second-order valence-electron chi connectivity index (χ2n) is 3.58. The van der Waals surface area contributed by atoms with Gasteiger partial charge in [-0.1, -0.05) is 18.2 Å². The Hall–Kier alpha value is -1.49. The lowest BCUT2D eigenvalue weighted by molar-refractivity contribution is -0.116. The quantitative estimate of drug-likeness (QED) is 0.660. The van der Waals surface area contributed by atoms with Crippen molar-refractivity contribution in [1.29, 1.82) is 0 Å². The van der Waals surface area contributed by atoms with Gasteiger partial charge in [0.25, 0.3) is 0 Å². The Morgan fingerprint density at radius 3 is 2.47 bits per heavy atom. The molecule has 1 N–H and O–H groups in total. The monoisotopic (exact) mass is 254 g/mol. The van der Waals surface area contributed by atoms with Crippen molar-refractivity contribution in [3.05, 3.63) is 30.3 Å². The number of carbonyl (C=O) groups excluding carboxylic acids is 2. The van der Waals surface area contributed by atoms with Gasteiger partial charge in [-0.15, -0.1) is 0 Å². The Morgan fingerprint density at radius 1 is 1.24 bits per heavy atom. The third-order valence-electron chi connectivity index (χ3n) is 1.94. The maximum Gasteiger partial charge on any atom is 0.524 e. The van der Waals surface area contributed by atoms with Crippen LogP contribution in [0.25, 0.3) is 0 Å². The van der Waals surface area contributed by atoms with Crippen LogP contribution in [0.2, 0.25) is 0 Å². The maximum atomic E-state index is 11.5. The lowest BCUT2D eigenvalue weighted by Gasteiger charge is -2.04. The average Bonchev–Trinajstić information content (AvgIpc) is 2.30. The van der Waals surface area contributed by atoms with Crippen LogP contribution in [0.5, 0.6) is 0 Å². The first-order valence-corrected chi connectivity index (χ1v) is 7.23. The molecule has 4 nitrogen and oxygen atoms in total. The van der Waals surface area contributed by atoms with Crippen LogP contribution < -0.4 is 5.32 Å². The Labute approximate surface area is 104 Å². The van der Waals surface area contributed by atoms with E-state index in [-0.39, 0.29) is 24.2 Å². The van der Waals surface area contributed by atoms with E-state index in [2.05, 4.69) is 5.32 Å². The number of amides is 1. The van der Waals surface area contributed by atoms with Gasteiger partial charge < -0.3 is 10.1 Å². The van der Waals surface area contributed by atoms with E-state index < -0.39 is 10.9 Å². The van der Waals surface area contributed by atoms with Crippen molar-refractivity contribution in [2.45, 2.75) is 6.42 Å². The highest BCUT2D eigenvalue weighted by Crippen LogP contribution is 2.05. The van der Waals surface area contributed by atoms with E-state index in [0.29, 0.717) is 0 Å². The SMILES string of the molecule is C[S+](C)C(=O)OCCC(=O)Nc1ccccc1. The number of nitrogens with one attached hydrogen (secondary N) is 1. The molecular formula is C12H16NO3S+. The topological polar surface area (TPSA) is 55.4 Å².